The van der Waals surface area contributed by atoms with E-state index < -0.39 is 11.8 Å². The second-order valence-electron chi connectivity index (χ2n) is 5.53. The van der Waals surface area contributed by atoms with E-state index in [0.717, 1.165) is 42.5 Å². The van der Waals surface area contributed by atoms with E-state index in [1.807, 2.05) is 32.0 Å². The van der Waals surface area contributed by atoms with Gasteiger partial charge < -0.3 is 10.6 Å². The summed E-state index contributed by atoms with van der Waals surface area (Å²) in [5, 5.41) is 5.54. The van der Waals surface area contributed by atoms with Crippen molar-refractivity contribution < 1.29 is 9.59 Å². The van der Waals surface area contributed by atoms with Crippen molar-refractivity contribution in [2.75, 3.05) is 5.32 Å². The van der Waals surface area contributed by atoms with Crippen molar-refractivity contribution in [1.82, 2.24) is 5.32 Å². The molecule has 108 valence electrons. The zero-order valence-corrected chi connectivity index (χ0v) is 12.2. The first-order valence-electron chi connectivity index (χ1n) is 7.26. The molecule has 0 heterocycles. The molecule has 0 unspecified atom stereocenters. The van der Waals surface area contributed by atoms with Gasteiger partial charge in [0.1, 0.15) is 0 Å². The molecule has 1 aromatic carbocycles. The van der Waals surface area contributed by atoms with Crippen LogP contribution in [0.3, 0.4) is 0 Å². The van der Waals surface area contributed by atoms with Crippen molar-refractivity contribution in [3.63, 3.8) is 0 Å². The topological polar surface area (TPSA) is 58.2 Å². The largest absolute Gasteiger partial charge is 0.345 e. The minimum Gasteiger partial charge on any atom is -0.345 e. The predicted octanol–water partition coefficient (Wildman–Crippen LogP) is 2.69. The van der Waals surface area contributed by atoms with E-state index in [0.29, 0.717) is 0 Å². The molecule has 4 nitrogen and oxygen atoms in total. The Labute approximate surface area is 119 Å². The molecule has 2 rings (SSSR count). The molecule has 4 heteroatoms. The lowest BCUT2D eigenvalue weighted by molar-refractivity contribution is -0.136. The molecule has 0 spiro atoms. The highest BCUT2D eigenvalue weighted by molar-refractivity contribution is 6.39. The summed E-state index contributed by atoms with van der Waals surface area (Å²) in [5.74, 6) is -1.10. The minimum absolute atomic E-state index is 0.153. The number of carbonyl (C=O) groups is 2. The molecular formula is C16H22N2O2. The van der Waals surface area contributed by atoms with Crippen LogP contribution in [0.1, 0.15) is 43.2 Å². The number of amides is 2. The molecule has 1 aromatic rings. The third-order valence-electron chi connectivity index (χ3n) is 3.87. The Balaban J connectivity index is 1.95. The van der Waals surface area contributed by atoms with Crippen LogP contribution in [-0.2, 0) is 9.59 Å². The van der Waals surface area contributed by atoms with Crippen LogP contribution in [0.2, 0.25) is 0 Å². The average molecular weight is 274 g/mol. The third-order valence-corrected chi connectivity index (χ3v) is 3.87. The van der Waals surface area contributed by atoms with E-state index in [-0.39, 0.29) is 6.04 Å². The molecule has 0 aromatic heterocycles. The lowest BCUT2D eigenvalue weighted by atomic mass is 9.95. The Morgan fingerprint density at radius 1 is 1.00 bits per heavy atom. The molecule has 1 fully saturated rings. The summed E-state index contributed by atoms with van der Waals surface area (Å²) in [4.78, 5) is 23.9. The molecule has 0 radical (unpaired) electrons. The van der Waals surface area contributed by atoms with Crippen molar-refractivity contribution in [2.45, 2.75) is 52.0 Å². The molecule has 20 heavy (non-hydrogen) atoms. The highest BCUT2D eigenvalue weighted by Crippen LogP contribution is 2.20. The number of benzene rings is 1. The number of para-hydroxylation sites is 1. The van der Waals surface area contributed by atoms with Gasteiger partial charge in [0, 0.05) is 11.7 Å². The second-order valence-corrected chi connectivity index (χ2v) is 5.53. The molecule has 2 N–H and O–H groups in total. The summed E-state index contributed by atoms with van der Waals surface area (Å²) in [5.41, 5.74) is 2.66. The summed E-state index contributed by atoms with van der Waals surface area (Å²) < 4.78 is 0. The molecule has 1 aliphatic rings. The van der Waals surface area contributed by atoms with Gasteiger partial charge in [0.2, 0.25) is 0 Å². The van der Waals surface area contributed by atoms with Gasteiger partial charge in [-0.25, -0.2) is 0 Å². The molecule has 1 aliphatic carbocycles. The first kappa shape index (κ1) is 14.6. The number of hydrogen-bond donors (Lipinski definition) is 2. The van der Waals surface area contributed by atoms with E-state index in [1.165, 1.54) is 6.42 Å². The van der Waals surface area contributed by atoms with Crippen LogP contribution in [0.4, 0.5) is 5.69 Å². The van der Waals surface area contributed by atoms with Crippen molar-refractivity contribution in [3.8, 4) is 0 Å². The standard InChI is InChI=1S/C16H22N2O2/c1-11-7-6-8-12(2)14(11)18-16(20)15(19)17-13-9-4-3-5-10-13/h6-8,13H,3-5,9-10H2,1-2H3,(H,17,19)(H,18,20). The highest BCUT2D eigenvalue weighted by atomic mass is 16.2. The molecule has 0 bridgehead atoms. The van der Waals surface area contributed by atoms with E-state index in [4.69, 9.17) is 0 Å². The van der Waals surface area contributed by atoms with Crippen LogP contribution in [0.25, 0.3) is 0 Å². The van der Waals surface area contributed by atoms with Gasteiger partial charge in [0.05, 0.1) is 0 Å². The van der Waals surface area contributed by atoms with E-state index >= 15 is 0 Å². The average Bonchev–Trinajstić information content (AvgIpc) is 2.44. The second kappa shape index (κ2) is 6.55. The fourth-order valence-corrected chi connectivity index (χ4v) is 2.68. The van der Waals surface area contributed by atoms with Gasteiger partial charge >= 0.3 is 11.8 Å². The summed E-state index contributed by atoms with van der Waals surface area (Å²) in [6.07, 6.45) is 5.43. The van der Waals surface area contributed by atoms with Crippen molar-refractivity contribution in [3.05, 3.63) is 29.3 Å². The first-order chi connectivity index (χ1) is 9.58. The smallest absolute Gasteiger partial charge is 0.313 e. The Kier molecular flexibility index (Phi) is 4.77. The van der Waals surface area contributed by atoms with Gasteiger partial charge in [-0.3, -0.25) is 9.59 Å². The predicted molar refractivity (Wildman–Crippen MR) is 79.6 cm³/mol. The quantitative estimate of drug-likeness (QED) is 0.815. The van der Waals surface area contributed by atoms with Crippen LogP contribution < -0.4 is 10.6 Å². The molecule has 0 atom stereocenters. The maximum atomic E-state index is 12.0. The number of anilines is 1. The molecule has 0 saturated heterocycles. The van der Waals surface area contributed by atoms with Crippen LogP contribution in [0.5, 0.6) is 0 Å². The van der Waals surface area contributed by atoms with Gasteiger partial charge in [-0.15, -0.1) is 0 Å². The van der Waals surface area contributed by atoms with E-state index in [1.54, 1.807) is 0 Å². The summed E-state index contributed by atoms with van der Waals surface area (Å²) >= 11 is 0. The van der Waals surface area contributed by atoms with Crippen LogP contribution in [-0.4, -0.2) is 17.9 Å². The Morgan fingerprint density at radius 3 is 2.20 bits per heavy atom. The Morgan fingerprint density at radius 2 is 1.60 bits per heavy atom. The first-order valence-corrected chi connectivity index (χ1v) is 7.26. The van der Waals surface area contributed by atoms with Gasteiger partial charge in [0.25, 0.3) is 0 Å². The zero-order valence-electron chi connectivity index (χ0n) is 12.2. The Hall–Kier alpha value is -1.84. The van der Waals surface area contributed by atoms with Crippen molar-refractivity contribution in [1.29, 1.82) is 0 Å². The van der Waals surface area contributed by atoms with Crippen molar-refractivity contribution >= 4 is 17.5 Å². The van der Waals surface area contributed by atoms with Crippen LogP contribution >= 0.6 is 0 Å². The van der Waals surface area contributed by atoms with Gasteiger partial charge in [-0.1, -0.05) is 37.5 Å². The lowest BCUT2D eigenvalue weighted by Crippen LogP contribution is -2.42. The van der Waals surface area contributed by atoms with Gasteiger partial charge in [-0.05, 0) is 37.8 Å². The summed E-state index contributed by atoms with van der Waals surface area (Å²) in [6.45, 7) is 3.84. The maximum Gasteiger partial charge on any atom is 0.313 e. The van der Waals surface area contributed by atoms with E-state index in [9.17, 15) is 9.59 Å². The number of hydrogen-bond acceptors (Lipinski definition) is 2. The number of rotatable bonds is 2. The minimum atomic E-state index is -0.576. The fourth-order valence-electron chi connectivity index (χ4n) is 2.68. The monoisotopic (exact) mass is 274 g/mol. The highest BCUT2D eigenvalue weighted by Gasteiger charge is 2.21. The Bertz CT molecular complexity index is 485. The summed E-state index contributed by atoms with van der Waals surface area (Å²) in [6, 6.07) is 5.92. The summed E-state index contributed by atoms with van der Waals surface area (Å²) in [7, 11) is 0. The van der Waals surface area contributed by atoms with Gasteiger partial charge in [-0.2, -0.15) is 0 Å². The van der Waals surface area contributed by atoms with E-state index in [2.05, 4.69) is 10.6 Å². The maximum absolute atomic E-state index is 12.0. The SMILES string of the molecule is Cc1cccc(C)c1NC(=O)C(=O)NC1CCCCC1. The normalized spacial score (nSPS) is 15.7. The fraction of sp³-hybridized carbons (Fsp3) is 0.500. The van der Waals surface area contributed by atoms with Crippen molar-refractivity contribution in [2.24, 2.45) is 0 Å². The molecular weight excluding hydrogens is 252 g/mol. The molecule has 0 aliphatic heterocycles. The number of aryl methyl sites for hydroxylation is 2. The zero-order chi connectivity index (χ0) is 14.5. The van der Waals surface area contributed by atoms with Crippen LogP contribution in [0, 0.1) is 13.8 Å². The number of carbonyl (C=O) groups excluding carboxylic acids is 2. The van der Waals surface area contributed by atoms with Gasteiger partial charge in [0.15, 0.2) is 0 Å². The lowest BCUT2D eigenvalue weighted by Gasteiger charge is -2.22. The molecule has 1 saturated carbocycles. The number of nitrogens with one attached hydrogen (secondary N) is 2. The molecule has 2 amide bonds. The van der Waals surface area contributed by atoms with Crippen LogP contribution in [0.15, 0.2) is 18.2 Å². The third kappa shape index (κ3) is 3.59.